The molecule has 3 rings (SSSR count). The first-order valence-electron chi connectivity index (χ1n) is 9.04. The van der Waals surface area contributed by atoms with Gasteiger partial charge in [0.2, 0.25) is 10.0 Å². The largest absolute Gasteiger partial charge is 0.452 e. The van der Waals surface area contributed by atoms with Gasteiger partial charge in [-0.3, -0.25) is 4.79 Å². The topological polar surface area (TPSA) is 116 Å². The lowest BCUT2D eigenvalue weighted by Crippen LogP contribution is -2.28. The van der Waals surface area contributed by atoms with Crippen LogP contribution in [0.4, 0.5) is 0 Å². The number of benzene rings is 3. The number of amides is 1. The molecule has 30 heavy (non-hydrogen) atoms. The third-order valence-electron chi connectivity index (χ3n) is 4.30. The molecule has 0 heterocycles. The van der Waals surface area contributed by atoms with Crippen LogP contribution in [0.5, 0.6) is 0 Å². The SMILES string of the molecule is NS(=O)(=O)c1ccc(CNC(=O)COC(=O)c2ccc(-c3ccccc3)cc2)cc1. The number of ether oxygens (including phenoxy) is 1. The van der Waals surface area contributed by atoms with Crippen molar-refractivity contribution >= 4 is 21.9 Å². The minimum absolute atomic E-state index is 0.00945. The van der Waals surface area contributed by atoms with E-state index in [1.54, 1.807) is 24.3 Å². The number of carbonyl (C=O) groups is 2. The molecule has 3 aromatic carbocycles. The van der Waals surface area contributed by atoms with E-state index in [0.29, 0.717) is 11.1 Å². The van der Waals surface area contributed by atoms with E-state index in [1.165, 1.54) is 12.1 Å². The van der Waals surface area contributed by atoms with Gasteiger partial charge in [0.1, 0.15) is 0 Å². The van der Waals surface area contributed by atoms with Gasteiger partial charge in [-0.15, -0.1) is 0 Å². The van der Waals surface area contributed by atoms with Crippen LogP contribution >= 0.6 is 0 Å². The number of primary sulfonamides is 1. The molecule has 0 aliphatic heterocycles. The molecule has 0 aromatic heterocycles. The summed E-state index contributed by atoms with van der Waals surface area (Å²) in [4.78, 5) is 24.0. The first kappa shape index (κ1) is 21.2. The molecule has 0 aliphatic carbocycles. The Morgan fingerprint density at radius 3 is 2.03 bits per heavy atom. The van der Waals surface area contributed by atoms with E-state index in [0.717, 1.165) is 11.1 Å². The van der Waals surface area contributed by atoms with Crippen LogP contribution in [0.25, 0.3) is 11.1 Å². The number of hydrogen-bond acceptors (Lipinski definition) is 5. The van der Waals surface area contributed by atoms with E-state index in [9.17, 15) is 18.0 Å². The van der Waals surface area contributed by atoms with E-state index < -0.39 is 28.5 Å². The highest BCUT2D eigenvalue weighted by Crippen LogP contribution is 2.19. The molecule has 0 bridgehead atoms. The summed E-state index contributed by atoms with van der Waals surface area (Å²) in [6.07, 6.45) is 0. The zero-order valence-electron chi connectivity index (χ0n) is 15.9. The van der Waals surface area contributed by atoms with Crippen molar-refractivity contribution in [1.82, 2.24) is 5.32 Å². The fraction of sp³-hybridized carbons (Fsp3) is 0.0909. The number of hydrogen-bond donors (Lipinski definition) is 2. The summed E-state index contributed by atoms with van der Waals surface area (Å²) in [6.45, 7) is -0.262. The number of sulfonamides is 1. The molecule has 0 saturated heterocycles. The zero-order chi connectivity index (χ0) is 21.6. The Morgan fingerprint density at radius 2 is 1.43 bits per heavy atom. The predicted molar refractivity (Wildman–Crippen MR) is 112 cm³/mol. The van der Waals surface area contributed by atoms with Gasteiger partial charge in [-0.1, -0.05) is 54.6 Å². The molecule has 3 N–H and O–H groups in total. The smallest absolute Gasteiger partial charge is 0.338 e. The molecule has 1 amide bonds. The molecule has 7 nitrogen and oxygen atoms in total. The number of nitrogens with one attached hydrogen (secondary N) is 1. The van der Waals surface area contributed by atoms with Gasteiger partial charge < -0.3 is 10.1 Å². The lowest BCUT2D eigenvalue weighted by Gasteiger charge is -2.08. The first-order chi connectivity index (χ1) is 14.3. The van der Waals surface area contributed by atoms with Crippen molar-refractivity contribution in [3.05, 3.63) is 90.0 Å². The van der Waals surface area contributed by atoms with Gasteiger partial charge in [0.25, 0.3) is 5.91 Å². The molecule has 154 valence electrons. The molecular weight excluding hydrogens is 404 g/mol. The lowest BCUT2D eigenvalue weighted by atomic mass is 10.0. The maximum Gasteiger partial charge on any atom is 0.338 e. The highest BCUT2D eigenvalue weighted by atomic mass is 32.2. The van der Waals surface area contributed by atoms with Crippen molar-refractivity contribution in [3.8, 4) is 11.1 Å². The van der Waals surface area contributed by atoms with Crippen LogP contribution < -0.4 is 10.5 Å². The molecule has 0 unspecified atom stereocenters. The standard InChI is InChI=1S/C22H20N2O5S/c23-30(27,28)20-12-6-16(7-13-20)14-24-21(25)15-29-22(26)19-10-8-18(9-11-19)17-4-2-1-3-5-17/h1-13H,14-15H2,(H,24,25)(H2,23,27,28). The Bertz CT molecular complexity index is 1130. The molecule has 0 atom stereocenters. The minimum atomic E-state index is -3.76. The Kier molecular flexibility index (Phi) is 6.61. The van der Waals surface area contributed by atoms with E-state index >= 15 is 0 Å². The Labute approximate surface area is 174 Å². The number of rotatable bonds is 7. The molecule has 0 spiro atoms. The van der Waals surface area contributed by atoms with E-state index in [-0.39, 0.29) is 11.4 Å². The van der Waals surface area contributed by atoms with Crippen LogP contribution in [0, 0.1) is 0 Å². The highest BCUT2D eigenvalue weighted by Gasteiger charge is 2.11. The van der Waals surface area contributed by atoms with Gasteiger partial charge in [-0.25, -0.2) is 18.4 Å². The molecule has 0 fully saturated rings. The highest BCUT2D eigenvalue weighted by molar-refractivity contribution is 7.89. The number of nitrogens with two attached hydrogens (primary N) is 1. The Hall–Kier alpha value is -3.49. The van der Waals surface area contributed by atoms with Crippen molar-refractivity contribution in [1.29, 1.82) is 0 Å². The van der Waals surface area contributed by atoms with E-state index in [2.05, 4.69) is 5.32 Å². The summed E-state index contributed by atoms with van der Waals surface area (Å²) in [5, 5.41) is 7.63. The van der Waals surface area contributed by atoms with Gasteiger partial charge in [0, 0.05) is 6.54 Å². The normalized spacial score (nSPS) is 11.0. The summed E-state index contributed by atoms with van der Waals surface area (Å²) < 4.78 is 27.5. The van der Waals surface area contributed by atoms with Crippen LogP contribution in [-0.2, 0) is 26.1 Å². The van der Waals surface area contributed by atoms with Gasteiger partial charge in [-0.05, 0) is 41.0 Å². The van der Waals surface area contributed by atoms with E-state index in [1.807, 2.05) is 42.5 Å². The summed E-state index contributed by atoms with van der Waals surface area (Å²) in [7, 11) is -3.76. The molecule has 0 saturated carbocycles. The van der Waals surface area contributed by atoms with Crippen LogP contribution in [0.2, 0.25) is 0 Å². The number of esters is 1. The summed E-state index contributed by atoms with van der Waals surface area (Å²) >= 11 is 0. The van der Waals surface area contributed by atoms with Crippen LogP contribution in [0.15, 0.2) is 83.8 Å². The maximum atomic E-state index is 12.1. The van der Waals surface area contributed by atoms with Gasteiger partial charge in [0.05, 0.1) is 10.5 Å². The fourth-order valence-corrected chi connectivity index (χ4v) is 3.21. The average Bonchev–Trinajstić information content (AvgIpc) is 2.76. The Balaban J connectivity index is 1.48. The average molecular weight is 424 g/mol. The van der Waals surface area contributed by atoms with Crippen LogP contribution in [0.3, 0.4) is 0 Å². The monoisotopic (exact) mass is 424 g/mol. The zero-order valence-corrected chi connectivity index (χ0v) is 16.8. The number of carbonyl (C=O) groups excluding carboxylic acids is 2. The quantitative estimate of drug-likeness (QED) is 0.566. The second-order valence-electron chi connectivity index (χ2n) is 6.49. The fourth-order valence-electron chi connectivity index (χ4n) is 2.69. The molecule has 0 aliphatic rings. The summed E-state index contributed by atoms with van der Waals surface area (Å²) in [5.74, 6) is -1.07. The summed E-state index contributed by atoms with van der Waals surface area (Å²) in [5.41, 5.74) is 3.03. The van der Waals surface area contributed by atoms with Crippen molar-refractivity contribution < 1.29 is 22.7 Å². The van der Waals surface area contributed by atoms with Gasteiger partial charge in [0.15, 0.2) is 6.61 Å². The van der Waals surface area contributed by atoms with Crippen LogP contribution in [-0.4, -0.2) is 26.9 Å². The third kappa shape index (κ3) is 5.76. The van der Waals surface area contributed by atoms with Crippen molar-refractivity contribution in [2.24, 2.45) is 5.14 Å². The first-order valence-corrected chi connectivity index (χ1v) is 10.6. The Morgan fingerprint density at radius 1 is 0.833 bits per heavy atom. The minimum Gasteiger partial charge on any atom is -0.452 e. The molecular formula is C22H20N2O5S. The third-order valence-corrected chi connectivity index (χ3v) is 5.23. The van der Waals surface area contributed by atoms with Crippen LogP contribution in [0.1, 0.15) is 15.9 Å². The van der Waals surface area contributed by atoms with Gasteiger partial charge >= 0.3 is 5.97 Å². The molecule has 0 radical (unpaired) electrons. The lowest BCUT2D eigenvalue weighted by molar-refractivity contribution is -0.124. The second kappa shape index (κ2) is 9.34. The van der Waals surface area contributed by atoms with Gasteiger partial charge in [-0.2, -0.15) is 0 Å². The van der Waals surface area contributed by atoms with Crippen molar-refractivity contribution in [2.75, 3.05) is 6.61 Å². The second-order valence-corrected chi connectivity index (χ2v) is 8.05. The predicted octanol–water partition coefficient (Wildman–Crippen LogP) is 2.47. The molecule has 3 aromatic rings. The summed E-state index contributed by atoms with van der Waals surface area (Å²) in [6, 6.07) is 22.5. The van der Waals surface area contributed by atoms with Crippen molar-refractivity contribution in [3.63, 3.8) is 0 Å². The maximum absolute atomic E-state index is 12.1. The van der Waals surface area contributed by atoms with E-state index in [4.69, 9.17) is 9.88 Å². The molecule has 8 heteroatoms. The van der Waals surface area contributed by atoms with Crippen molar-refractivity contribution in [2.45, 2.75) is 11.4 Å².